The number of thiophene rings is 1. The molecule has 3 N–H and O–H groups in total. The number of ether oxygens (including phenoxy) is 2. The Hall–Kier alpha value is -4.52. The van der Waals surface area contributed by atoms with Gasteiger partial charge in [0.25, 0.3) is 5.91 Å². The number of hydrogen-bond donors (Lipinski definition) is 3. The predicted octanol–water partition coefficient (Wildman–Crippen LogP) is 3.48. The van der Waals surface area contributed by atoms with Gasteiger partial charge in [-0.05, 0) is 34.7 Å². The number of likely N-dealkylation sites (tertiary alicyclic amines) is 1. The predicted molar refractivity (Wildman–Crippen MR) is 144 cm³/mol. The lowest BCUT2D eigenvalue weighted by Gasteiger charge is -2.44. The van der Waals surface area contributed by atoms with Gasteiger partial charge in [-0.3, -0.25) is 14.9 Å². The molecule has 1 saturated heterocycles. The van der Waals surface area contributed by atoms with Gasteiger partial charge in [0, 0.05) is 43.9 Å². The third-order valence-corrected chi connectivity index (χ3v) is 8.37. The molecular weight excluding hydrogens is 522 g/mol. The van der Waals surface area contributed by atoms with Crippen molar-refractivity contribution >= 4 is 44.1 Å². The Labute approximate surface area is 226 Å². The van der Waals surface area contributed by atoms with E-state index in [1.807, 2.05) is 24.3 Å². The number of anilines is 1. The van der Waals surface area contributed by atoms with Gasteiger partial charge in [0.05, 0.1) is 29.4 Å². The van der Waals surface area contributed by atoms with Crippen LogP contribution in [0.5, 0.6) is 11.5 Å². The smallest absolute Gasteiger partial charge is 0.319 e. The average Bonchev–Trinajstić information content (AvgIpc) is 3.61. The van der Waals surface area contributed by atoms with Crippen LogP contribution in [0.3, 0.4) is 0 Å². The van der Waals surface area contributed by atoms with Gasteiger partial charge in [-0.1, -0.05) is 12.1 Å². The van der Waals surface area contributed by atoms with Crippen LogP contribution < -0.4 is 20.1 Å². The number of amides is 3. The zero-order chi connectivity index (χ0) is 27.1. The van der Waals surface area contributed by atoms with Crippen molar-refractivity contribution in [2.24, 2.45) is 0 Å². The molecule has 3 amide bonds. The zero-order valence-corrected chi connectivity index (χ0v) is 22.1. The van der Waals surface area contributed by atoms with E-state index >= 15 is 0 Å². The molecule has 1 spiro atoms. The number of urea groups is 1. The van der Waals surface area contributed by atoms with Gasteiger partial charge in [0.1, 0.15) is 22.1 Å². The number of Topliss-reactive ketones (excluding diaryl/α,β-unsaturated/α-hetero) is 1. The van der Waals surface area contributed by atoms with Gasteiger partial charge in [-0.2, -0.15) is 0 Å². The number of aromatic amines is 1. The Balaban J connectivity index is 1.24. The van der Waals surface area contributed by atoms with Crippen LogP contribution in [0.2, 0.25) is 0 Å². The van der Waals surface area contributed by atoms with Gasteiger partial charge in [-0.25, -0.2) is 9.89 Å². The second-order valence-corrected chi connectivity index (χ2v) is 10.5. The summed E-state index contributed by atoms with van der Waals surface area (Å²) in [6, 6.07) is 10.4. The first-order valence-corrected chi connectivity index (χ1v) is 13.2. The van der Waals surface area contributed by atoms with Crippen molar-refractivity contribution in [1.29, 1.82) is 0 Å². The monoisotopic (exact) mass is 547 g/mol. The number of carbonyl (C=O) groups is 3. The highest BCUT2D eigenvalue weighted by Crippen LogP contribution is 2.44. The number of nitrogens with zero attached hydrogens (tertiary/aromatic N) is 4. The molecule has 6 rings (SSSR count). The number of aromatic nitrogens is 4. The zero-order valence-electron chi connectivity index (χ0n) is 21.2. The summed E-state index contributed by atoms with van der Waals surface area (Å²) < 4.78 is 12.7. The van der Waals surface area contributed by atoms with Crippen LogP contribution in [-0.4, -0.2) is 76.1 Å². The second kappa shape index (κ2) is 9.66. The van der Waals surface area contributed by atoms with E-state index in [4.69, 9.17) is 9.47 Å². The van der Waals surface area contributed by atoms with Crippen molar-refractivity contribution in [3.8, 4) is 22.9 Å². The minimum atomic E-state index is -0.681. The van der Waals surface area contributed by atoms with E-state index in [1.165, 1.54) is 18.4 Å². The summed E-state index contributed by atoms with van der Waals surface area (Å²) in [4.78, 5) is 40.9. The molecule has 2 aliphatic heterocycles. The lowest BCUT2D eigenvalue weighted by molar-refractivity contribution is -0.00561. The Kier molecular flexibility index (Phi) is 6.14. The van der Waals surface area contributed by atoms with Crippen molar-refractivity contribution < 1.29 is 23.9 Å². The molecular formula is C26H25N7O5S. The van der Waals surface area contributed by atoms with E-state index in [-0.39, 0.29) is 18.1 Å². The quantitative estimate of drug-likeness (QED) is 0.351. The van der Waals surface area contributed by atoms with E-state index in [2.05, 4.69) is 31.3 Å². The average molecular weight is 548 g/mol. The molecule has 39 heavy (non-hydrogen) atoms. The van der Waals surface area contributed by atoms with Crippen LogP contribution in [0.1, 0.15) is 40.0 Å². The van der Waals surface area contributed by atoms with Crippen LogP contribution in [-0.2, 0) is 0 Å². The fourth-order valence-electron chi connectivity index (χ4n) is 5.20. The number of methoxy groups -OCH3 is 1. The number of nitrogens with one attached hydrogen (secondary N) is 3. The topological polar surface area (TPSA) is 151 Å². The summed E-state index contributed by atoms with van der Waals surface area (Å²) in [5, 5.41) is 20.3. The van der Waals surface area contributed by atoms with Crippen molar-refractivity contribution in [1.82, 2.24) is 30.8 Å². The second-order valence-electron chi connectivity index (χ2n) is 9.49. The van der Waals surface area contributed by atoms with E-state index < -0.39 is 11.6 Å². The molecule has 0 radical (unpaired) electrons. The number of tetrazole rings is 1. The van der Waals surface area contributed by atoms with Gasteiger partial charge >= 0.3 is 6.03 Å². The maximum atomic E-state index is 13.8. The van der Waals surface area contributed by atoms with Crippen molar-refractivity contribution in [3.05, 3.63) is 47.5 Å². The number of rotatable bonds is 4. The molecule has 0 aliphatic carbocycles. The maximum Gasteiger partial charge on any atom is 0.319 e. The highest BCUT2D eigenvalue weighted by Gasteiger charge is 2.44. The molecule has 0 bridgehead atoms. The normalized spacial score (nSPS) is 16.1. The summed E-state index contributed by atoms with van der Waals surface area (Å²) >= 11 is 1.30. The van der Waals surface area contributed by atoms with E-state index in [1.54, 1.807) is 24.1 Å². The maximum absolute atomic E-state index is 13.8. The fourth-order valence-corrected chi connectivity index (χ4v) is 6.38. The Bertz CT molecular complexity index is 1590. The molecule has 12 nitrogen and oxygen atoms in total. The van der Waals surface area contributed by atoms with Gasteiger partial charge in [-0.15, -0.1) is 16.4 Å². The molecule has 2 aromatic carbocycles. The Morgan fingerprint density at radius 3 is 2.74 bits per heavy atom. The third kappa shape index (κ3) is 4.34. The molecule has 2 aliphatic rings. The van der Waals surface area contributed by atoms with Gasteiger partial charge in [0.15, 0.2) is 11.6 Å². The summed E-state index contributed by atoms with van der Waals surface area (Å²) in [5.74, 6) is 1.42. The SMILES string of the molecule is CNC(=O)Nc1sc2c(OC)cccc2c1C(=O)N1CCC2(CC1)CC(=O)c1cc(-c3nnn[nH]3)ccc1O2. The molecule has 2 aromatic heterocycles. The Morgan fingerprint density at radius 2 is 2.03 bits per heavy atom. The molecule has 200 valence electrons. The lowest BCUT2D eigenvalue weighted by Crippen LogP contribution is -2.52. The first kappa shape index (κ1) is 24.8. The van der Waals surface area contributed by atoms with Crippen LogP contribution in [0.4, 0.5) is 9.80 Å². The van der Waals surface area contributed by atoms with Crippen molar-refractivity contribution in [3.63, 3.8) is 0 Å². The van der Waals surface area contributed by atoms with Crippen molar-refractivity contribution in [2.75, 3.05) is 32.6 Å². The minimum absolute atomic E-state index is 0.0154. The molecule has 0 atom stereocenters. The number of H-pyrrole nitrogens is 1. The first-order chi connectivity index (χ1) is 18.9. The summed E-state index contributed by atoms with van der Waals surface area (Å²) in [6.07, 6.45) is 1.23. The van der Waals surface area contributed by atoms with Crippen molar-refractivity contribution in [2.45, 2.75) is 24.9 Å². The van der Waals surface area contributed by atoms with E-state index in [0.29, 0.717) is 70.3 Å². The summed E-state index contributed by atoms with van der Waals surface area (Å²) in [7, 11) is 3.09. The number of hydrogen-bond acceptors (Lipinski definition) is 9. The number of benzene rings is 2. The van der Waals surface area contributed by atoms with Crippen LogP contribution in [0.25, 0.3) is 21.5 Å². The van der Waals surface area contributed by atoms with Crippen LogP contribution >= 0.6 is 11.3 Å². The van der Waals surface area contributed by atoms with Crippen LogP contribution in [0, 0.1) is 0 Å². The molecule has 0 saturated carbocycles. The van der Waals surface area contributed by atoms with Crippen LogP contribution in [0.15, 0.2) is 36.4 Å². The third-order valence-electron chi connectivity index (χ3n) is 7.24. The number of piperidine rings is 1. The molecule has 4 aromatic rings. The fraction of sp³-hybridized carbons (Fsp3) is 0.308. The first-order valence-electron chi connectivity index (χ1n) is 12.4. The number of carbonyl (C=O) groups excluding carboxylic acids is 3. The molecule has 1 fully saturated rings. The van der Waals surface area contributed by atoms with Gasteiger partial charge < -0.3 is 19.7 Å². The molecule has 4 heterocycles. The lowest BCUT2D eigenvalue weighted by atomic mass is 9.82. The summed E-state index contributed by atoms with van der Waals surface area (Å²) in [6.45, 7) is 0.813. The molecule has 0 unspecified atom stereocenters. The number of fused-ring (bicyclic) bond motifs is 2. The Morgan fingerprint density at radius 1 is 1.21 bits per heavy atom. The van der Waals surface area contributed by atoms with E-state index in [9.17, 15) is 14.4 Å². The standard InChI is InChI=1S/C26H25N7O5S/c1-27-25(36)28-23-20(15-4-3-5-19(37-2)21(15)39-23)24(35)33-10-8-26(9-11-33)13-17(34)16-12-14(6-7-18(16)38-26)22-29-31-32-30-22/h3-7,12H,8-11,13H2,1-2H3,(H2,27,28,36)(H,29,30,31,32). The van der Waals surface area contributed by atoms with Gasteiger partial charge in [0.2, 0.25) is 0 Å². The van der Waals surface area contributed by atoms with E-state index in [0.717, 1.165) is 4.70 Å². The number of ketones is 1. The highest BCUT2D eigenvalue weighted by atomic mass is 32.1. The highest BCUT2D eigenvalue weighted by molar-refractivity contribution is 7.23. The minimum Gasteiger partial charge on any atom is -0.495 e. The largest absolute Gasteiger partial charge is 0.495 e. The molecule has 13 heteroatoms. The summed E-state index contributed by atoms with van der Waals surface area (Å²) in [5.41, 5.74) is 0.942.